The molecule has 0 aliphatic carbocycles. The molecule has 1 aromatic carbocycles. The molecule has 1 saturated heterocycles. The topological polar surface area (TPSA) is 76.1 Å². The fourth-order valence-electron chi connectivity index (χ4n) is 2.68. The maximum Gasteiger partial charge on any atom is 0.303 e. The van der Waals surface area contributed by atoms with Crippen molar-refractivity contribution in [3.8, 4) is 0 Å². The highest BCUT2D eigenvalue weighted by Crippen LogP contribution is 2.17. The molecule has 0 unspecified atom stereocenters. The summed E-state index contributed by atoms with van der Waals surface area (Å²) in [5.74, 6) is -0.951. The normalized spacial score (nSPS) is 15.2. The van der Waals surface area contributed by atoms with E-state index in [1.807, 2.05) is 18.2 Å². The number of ether oxygens (including phenoxy) is 2. The first-order valence-corrected chi connectivity index (χ1v) is 8.32. The third-order valence-electron chi connectivity index (χ3n) is 4.12. The smallest absolute Gasteiger partial charge is 0.303 e. The van der Waals surface area contributed by atoms with Crippen LogP contribution in [0, 0.1) is 0 Å². The minimum absolute atomic E-state index is 0.0616. The van der Waals surface area contributed by atoms with Crippen LogP contribution in [-0.4, -0.2) is 54.8 Å². The van der Waals surface area contributed by atoms with Gasteiger partial charge in [0.1, 0.15) is 0 Å². The number of benzene rings is 1. The summed E-state index contributed by atoms with van der Waals surface area (Å²) in [5.41, 5.74) is 1.47. The third-order valence-corrected chi connectivity index (χ3v) is 4.12. The van der Waals surface area contributed by atoms with Crippen LogP contribution in [0.5, 0.6) is 0 Å². The van der Waals surface area contributed by atoms with E-state index in [1.54, 1.807) is 18.0 Å². The van der Waals surface area contributed by atoms with Crippen molar-refractivity contribution < 1.29 is 24.2 Å². The lowest BCUT2D eigenvalue weighted by molar-refractivity contribution is -0.137. The standard InChI is InChI=1S/C18H25NO5/c1-19(10-4-7-17(20)21)18(22)16-6-3-2-5-14(16)13-24-15-8-11-23-12-9-15/h2-3,5-6,15H,4,7-13H2,1H3,(H,20,21). The molecule has 1 amide bonds. The summed E-state index contributed by atoms with van der Waals surface area (Å²) < 4.78 is 11.2. The van der Waals surface area contributed by atoms with Gasteiger partial charge in [0.05, 0.1) is 12.7 Å². The van der Waals surface area contributed by atoms with Crippen LogP contribution in [0.15, 0.2) is 24.3 Å². The second-order valence-electron chi connectivity index (χ2n) is 6.00. The summed E-state index contributed by atoms with van der Waals surface area (Å²) in [6.45, 7) is 2.25. The largest absolute Gasteiger partial charge is 0.481 e. The lowest BCUT2D eigenvalue weighted by Crippen LogP contribution is -2.29. The van der Waals surface area contributed by atoms with Crippen molar-refractivity contribution in [1.82, 2.24) is 4.90 Å². The SMILES string of the molecule is CN(CCCC(=O)O)C(=O)c1ccccc1COC1CCOCC1. The number of carboxylic acid groups (broad SMARTS) is 1. The van der Waals surface area contributed by atoms with Crippen molar-refractivity contribution in [2.45, 2.75) is 38.4 Å². The zero-order valence-corrected chi connectivity index (χ0v) is 14.1. The predicted octanol–water partition coefficient (Wildman–Crippen LogP) is 2.32. The van der Waals surface area contributed by atoms with Gasteiger partial charge in [-0.25, -0.2) is 0 Å². The Morgan fingerprint density at radius 1 is 1.29 bits per heavy atom. The zero-order chi connectivity index (χ0) is 17.4. The summed E-state index contributed by atoms with van der Waals surface area (Å²) in [4.78, 5) is 24.7. The van der Waals surface area contributed by atoms with Crippen LogP contribution in [0.1, 0.15) is 41.6 Å². The lowest BCUT2D eigenvalue weighted by Gasteiger charge is -2.23. The summed E-state index contributed by atoms with van der Waals surface area (Å²) in [6, 6.07) is 7.41. The number of carbonyl (C=O) groups is 2. The Balaban J connectivity index is 1.93. The number of nitrogens with zero attached hydrogens (tertiary/aromatic N) is 1. The van der Waals surface area contributed by atoms with E-state index in [0.717, 1.165) is 31.6 Å². The molecule has 1 heterocycles. The van der Waals surface area contributed by atoms with Crippen LogP contribution in [0.3, 0.4) is 0 Å². The number of rotatable bonds is 8. The van der Waals surface area contributed by atoms with E-state index in [4.69, 9.17) is 14.6 Å². The van der Waals surface area contributed by atoms with E-state index in [9.17, 15) is 9.59 Å². The van der Waals surface area contributed by atoms with E-state index >= 15 is 0 Å². The molecular weight excluding hydrogens is 310 g/mol. The van der Waals surface area contributed by atoms with Gasteiger partial charge in [-0.1, -0.05) is 18.2 Å². The average molecular weight is 335 g/mol. The molecule has 0 bridgehead atoms. The Bertz CT molecular complexity index is 554. The summed E-state index contributed by atoms with van der Waals surface area (Å²) >= 11 is 0. The molecule has 1 N–H and O–H groups in total. The molecule has 132 valence electrons. The minimum Gasteiger partial charge on any atom is -0.481 e. The highest BCUT2D eigenvalue weighted by atomic mass is 16.5. The van der Waals surface area contributed by atoms with Crippen molar-refractivity contribution in [1.29, 1.82) is 0 Å². The molecule has 6 nitrogen and oxygen atoms in total. The van der Waals surface area contributed by atoms with Crippen LogP contribution >= 0.6 is 0 Å². The zero-order valence-electron chi connectivity index (χ0n) is 14.1. The molecule has 0 atom stereocenters. The highest BCUT2D eigenvalue weighted by Gasteiger charge is 2.18. The van der Waals surface area contributed by atoms with Crippen LogP contribution in [-0.2, 0) is 20.9 Å². The Kier molecular flexibility index (Phi) is 7.21. The molecular formula is C18H25NO5. The first kappa shape index (κ1) is 18.4. The minimum atomic E-state index is -0.846. The van der Waals surface area contributed by atoms with Gasteiger partial charge in [-0.15, -0.1) is 0 Å². The van der Waals surface area contributed by atoms with E-state index in [-0.39, 0.29) is 18.4 Å². The quantitative estimate of drug-likeness (QED) is 0.789. The van der Waals surface area contributed by atoms with Crippen molar-refractivity contribution >= 4 is 11.9 Å². The maximum atomic E-state index is 12.6. The summed E-state index contributed by atoms with van der Waals surface area (Å²) in [7, 11) is 1.69. The van der Waals surface area contributed by atoms with Crippen LogP contribution < -0.4 is 0 Å². The van der Waals surface area contributed by atoms with Gasteiger partial charge in [-0.3, -0.25) is 9.59 Å². The van der Waals surface area contributed by atoms with Crippen molar-refractivity contribution in [2.75, 3.05) is 26.8 Å². The number of aliphatic carboxylic acids is 1. The Morgan fingerprint density at radius 2 is 2.00 bits per heavy atom. The molecule has 2 rings (SSSR count). The van der Waals surface area contributed by atoms with Gasteiger partial charge in [-0.05, 0) is 30.9 Å². The van der Waals surface area contributed by atoms with Gasteiger partial charge in [0, 0.05) is 38.8 Å². The number of hydrogen-bond donors (Lipinski definition) is 1. The molecule has 0 aromatic heterocycles. The average Bonchev–Trinajstić information content (AvgIpc) is 2.60. The Labute approximate surface area is 142 Å². The van der Waals surface area contributed by atoms with E-state index in [2.05, 4.69) is 0 Å². The van der Waals surface area contributed by atoms with E-state index < -0.39 is 5.97 Å². The van der Waals surface area contributed by atoms with E-state index in [0.29, 0.717) is 25.1 Å². The number of carboxylic acids is 1. The molecule has 6 heteroatoms. The monoisotopic (exact) mass is 335 g/mol. The Morgan fingerprint density at radius 3 is 2.71 bits per heavy atom. The first-order chi connectivity index (χ1) is 11.6. The van der Waals surface area contributed by atoms with Crippen molar-refractivity contribution in [2.24, 2.45) is 0 Å². The van der Waals surface area contributed by atoms with Gasteiger partial charge in [0.2, 0.25) is 0 Å². The fourth-order valence-corrected chi connectivity index (χ4v) is 2.68. The second kappa shape index (κ2) is 9.39. The number of carbonyl (C=O) groups excluding carboxylic acids is 1. The van der Waals surface area contributed by atoms with Crippen LogP contribution in [0.2, 0.25) is 0 Å². The van der Waals surface area contributed by atoms with Gasteiger partial charge < -0.3 is 19.5 Å². The molecule has 1 aliphatic rings. The molecule has 1 aromatic rings. The Hall–Kier alpha value is -1.92. The van der Waals surface area contributed by atoms with Crippen LogP contribution in [0.25, 0.3) is 0 Å². The molecule has 0 radical (unpaired) electrons. The predicted molar refractivity (Wildman–Crippen MR) is 88.9 cm³/mol. The second-order valence-corrected chi connectivity index (χ2v) is 6.00. The van der Waals surface area contributed by atoms with Gasteiger partial charge >= 0.3 is 5.97 Å². The summed E-state index contributed by atoms with van der Waals surface area (Å²) in [5, 5.41) is 8.69. The molecule has 0 spiro atoms. The number of hydrogen-bond acceptors (Lipinski definition) is 4. The van der Waals surface area contributed by atoms with Gasteiger partial charge in [0.25, 0.3) is 5.91 Å². The third kappa shape index (κ3) is 5.62. The fraction of sp³-hybridized carbons (Fsp3) is 0.556. The number of amides is 1. The molecule has 0 saturated carbocycles. The van der Waals surface area contributed by atoms with Gasteiger partial charge in [0.15, 0.2) is 0 Å². The first-order valence-electron chi connectivity index (χ1n) is 8.32. The van der Waals surface area contributed by atoms with E-state index in [1.165, 1.54) is 0 Å². The van der Waals surface area contributed by atoms with Gasteiger partial charge in [-0.2, -0.15) is 0 Å². The van der Waals surface area contributed by atoms with Crippen molar-refractivity contribution in [3.63, 3.8) is 0 Å². The molecule has 1 aliphatic heterocycles. The summed E-state index contributed by atoms with van der Waals surface area (Å²) in [6.07, 6.45) is 2.44. The molecule has 24 heavy (non-hydrogen) atoms. The maximum absolute atomic E-state index is 12.6. The van der Waals surface area contributed by atoms with Crippen molar-refractivity contribution in [3.05, 3.63) is 35.4 Å². The highest BCUT2D eigenvalue weighted by molar-refractivity contribution is 5.95. The lowest BCUT2D eigenvalue weighted by atomic mass is 10.1. The van der Waals surface area contributed by atoms with Crippen LogP contribution in [0.4, 0.5) is 0 Å². The molecule has 1 fully saturated rings.